The SMILES string of the molecule is O=C(NC1CCN(c2ccccc2)C1=O)C1CC2CCCCC2N1. The van der Waals surface area contributed by atoms with Crippen LogP contribution < -0.4 is 15.5 Å². The van der Waals surface area contributed by atoms with Crippen LogP contribution in [-0.2, 0) is 9.59 Å². The third-order valence-electron chi connectivity index (χ3n) is 5.77. The maximum atomic E-state index is 12.6. The van der Waals surface area contributed by atoms with Crippen LogP contribution in [0.25, 0.3) is 0 Å². The lowest BCUT2D eigenvalue weighted by atomic mass is 9.85. The topological polar surface area (TPSA) is 61.4 Å². The third-order valence-corrected chi connectivity index (χ3v) is 5.77. The highest BCUT2D eigenvalue weighted by molar-refractivity contribution is 6.01. The number of carbonyl (C=O) groups is 2. The van der Waals surface area contributed by atoms with Crippen molar-refractivity contribution in [1.82, 2.24) is 10.6 Å². The summed E-state index contributed by atoms with van der Waals surface area (Å²) in [6.45, 7) is 0.664. The van der Waals surface area contributed by atoms with Crippen molar-refractivity contribution in [1.29, 1.82) is 0 Å². The molecule has 0 bridgehead atoms. The van der Waals surface area contributed by atoms with Crippen LogP contribution in [0.3, 0.4) is 0 Å². The van der Waals surface area contributed by atoms with Gasteiger partial charge in [-0.05, 0) is 43.7 Å². The van der Waals surface area contributed by atoms with E-state index in [-0.39, 0.29) is 23.9 Å². The van der Waals surface area contributed by atoms with E-state index >= 15 is 0 Å². The van der Waals surface area contributed by atoms with Gasteiger partial charge in [-0.2, -0.15) is 0 Å². The van der Waals surface area contributed by atoms with Gasteiger partial charge in [0.1, 0.15) is 6.04 Å². The predicted molar refractivity (Wildman–Crippen MR) is 92.6 cm³/mol. The quantitative estimate of drug-likeness (QED) is 0.890. The first kappa shape index (κ1) is 15.6. The molecule has 1 aliphatic carbocycles. The fourth-order valence-corrected chi connectivity index (χ4v) is 4.47. The predicted octanol–water partition coefficient (Wildman–Crippen LogP) is 1.83. The second-order valence-corrected chi connectivity index (χ2v) is 7.28. The van der Waals surface area contributed by atoms with Crippen molar-refractivity contribution in [2.45, 2.75) is 56.7 Å². The highest BCUT2D eigenvalue weighted by Crippen LogP contribution is 2.33. The lowest BCUT2D eigenvalue weighted by Gasteiger charge is -2.24. The summed E-state index contributed by atoms with van der Waals surface area (Å²) in [6.07, 6.45) is 6.54. The lowest BCUT2D eigenvalue weighted by molar-refractivity contribution is -0.127. The zero-order chi connectivity index (χ0) is 16.5. The van der Waals surface area contributed by atoms with E-state index in [4.69, 9.17) is 0 Å². The van der Waals surface area contributed by atoms with E-state index in [9.17, 15) is 9.59 Å². The van der Waals surface area contributed by atoms with Gasteiger partial charge in [0.25, 0.3) is 0 Å². The number of rotatable bonds is 3. The lowest BCUT2D eigenvalue weighted by Crippen LogP contribution is -2.49. The van der Waals surface area contributed by atoms with Gasteiger partial charge >= 0.3 is 0 Å². The smallest absolute Gasteiger partial charge is 0.249 e. The Morgan fingerprint density at radius 3 is 2.71 bits per heavy atom. The molecule has 5 heteroatoms. The Morgan fingerprint density at radius 1 is 1.12 bits per heavy atom. The molecule has 24 heavy (non-hydrogen) atoms. The number of amides is 2. The minimum atomic E-state index is -0.387. The number of para-hydroxylation sites is 1. The summed E-state index contributed by atoms with van der Waals surface area (Å²) in [5.41, 5.74) is 0.907. The largest absolute Gasteiger partial charge is 0.343 e. The first-order valence-corrected chi connectivity index (χ1v) is 9.15. The second-order valence-electron chi connectivity index (χ2n) is 7.28. The van der Waals surface area contributed by atoms with Crippen molar-refractivity contribution in [3.63, 3.8) is 0 Å². The Balaban J connectivity index is 1.36. The van der Waals surface area contributed by atoms with Crippen molar-refractivity contribution in [2.75, 3.05) is 11.4 Å². The first-order valence-electron chi connectivity index (χ1n) is 9.15. The van der Waals surface area contributed by atoms with E-state index < -0.39 is 0 Å². The Bertz CT molecular complexity index is 604. The Hall–Kier alpha value is -1.88. The number of benzene rings is 1. The van der Waals surface area contributed by atoms with E-state index in [1.807, 2.05) is 30.3 Å². The Labute approximate surface area is 142 Å². The van der Waals surface area contributed by atoms with Gasteiger partial charge in [0.15, 0.2) is 0 Å². The summed E-state index contributed by atoms with van der Waals surface area (Å²) in [6, 6.07) is 9.65. The molecule has 2 N–H and O–H groups in total. The average Bonchev–Trinajstić information content (AvgIpc) is 3.20. The molecule has 3 aliphatic rings. The minimum Gasteiger partial charge on any atom is -0.343 e. The summed E-state index contributed by atoms with van der Waals surface area (Å²) in [5.74, 6) is 0.636. The Kier molecular flexibility index (Phi) is 4.27. The van der Waals surface area contributed by atoms with Crippen LogP contribution in [0.4, 0.5) is 5.69 Å². The molecule has 3 fully saturated rings. The van der Waals surface area contributed by atoms with Crippen molar-refractivity contribution in [3.8, 4) is 0 Å². The molecule has 2 saturated heterocycles. The average molecular weight is 327 g/mol. The van der Waals surface area contributed by atoms with Crippen molar-refractivity contribution >= 4 is 17.5 Å². The van der Waals surface area contributed by atoms with Crippen molar-refractivity contribution in [2.24, 2.45) is 5.92 Å². The normalized spacial score (nSPS) is 32.7. The molecule has 1 aromatic carbocycles. The number of nitrogens with zero attached hydrogens (tertiary/aromatic N) is 1. The molecule has 2 aliphatic heterocycles. The fraction of sp³-hybridized carbons (Fsp3) is 0.579. The molecule has 2 amide bonds. The van der Waals surface area contributed by atoms with E-state index in [0.29, 0.717) is 24.9 Å². The molecular weight excluding hydrogens is 302 g/mol. The van der Waals surface area contributed by atoms with E-state index in [2.05, 4.69) is 10.6 Å². The van der Waals surface area contributed by atoms with Crippen molar-refractivity contribution in [3.05, 3.63) is 30.3 Å². The monoisotopic (exact) mass is 327 g/mol. The molecule has 5 nitrogen and oxygen atoms in total. The van der Waals surface area contributed by atoms with E-state index in [0.717, 1.165) is 12.1 Å². The van der Waals surface area contributed by atoms with Crippen LogP contribution in [0.5, 0.6) is 0 Å². The van der Waals surface area contributed by atoms with Crippen LogP contribution in [0, 0.1) is 5.92 Å². The summed E-state index contributed by atoms with van der Waals surface area (Å²) in [4.78, 5) is 27.0. The van der Waals surface area contributed by atoms with E-state index in [1.165, 1.54) is 25.7 Å². The molecule has 4 rings (SSSR count). The molecule has 1 saturated carbocycles. The molecule has 4 unspecified atom stereocenters. The molecule has 128 valence electrons. The molecule has 0 radical (unpaired) electrons. The Morgan fingerprint density at radius 2 is 1.92 bits per heavy atom. The molecular formula is C19H25N3O2. The van der Waals surface area contributed by atoms with Gasteiger partial charge in [0.05, 0.1) is 6.04 Å². The molecule has 0 aromatic heterocycles. The number of fused-ring (bicyclic) bond motifs is 1. The number of hydrogen-bond donors (Lipinski definition) is 2. The highest BCUT2D eigenvalue weighted by Gasteiger charge is 2.40. The maximum absolute atomic E-state index is 12.6. The van der Waals surface area contributed by atoms with Crippen LogP contribution in [0.2, 0.25) is 0 Å². The minimum absolute atomic E-state index is 0.00217. The molecule has 2 heterocycles. The van der Waals surface area contributed by atoms with Gasteiger partial charge in [-0.15, -0.1) is 0 Å². The van der Waals surface area contributed by atoms with Gasteiger partial charge in [-0.3, -0.25) is 9.59 Å². The number of nitrogens with one attached hydrogen (secondary N) is 2. The van der Waals surface area contributed by atoms with Crippen molar-refractivity contribution < 1.29 is 9.59 Å². The van der Waals surface area contributed by atoms with Crippen LogP contribution in [-0.4, -0.2) is 36.5 Å². The van der Waals surface area contributed by atoms with E-state index in [1.54, 1.807) is 4.90 Å². The summed E-state index contributed by atoms with van der Waals surface area (Å²) < 4.78 is 0. The molecule has 4 atom stereocenters. The van der Waals surface area contributed by atoms with Crippen LogP contribution in [0.1, 0.15) is 38.5 Å². The van der Waals surface area contributed by atoms with Gasteiger partial charge in [0.2, 0.25) is 11.8 Å². The third kappa shape index (κ3) is 2.93. The first-order chi connectivity index (χ1) is 11.7. The molecule has 0 spiro atoms. The number of carbonyl (C=O) groups excluding carboxylic acids is 2. The maximum Gasteiger partial charge on any atom is 0.249 e. The fourth-order valence-electron chi connectivity index (χ4n) is 4.47. The number of anilines is 1. The zero-order valence-electron chi connectivity index (χ0n) is 13.9. The van der Waals surface area contributed by atoms with Crippen LogP contribution in [0.15, 0.2) is 30.3 Å². The molecule has 1 aromatic rings. The van der Waals surface area contributed by atoms with Gasteiger partial charge in [-0.25, -0.2) is 0 Å². The standard InChI is InChI=1S/C19H25N3O2/c23-18(17-12-13-6-4-5-9-15(13)20-17)21-16-10-11-22(19(16)24)14-7-2-1-3-8-14/h1-3,7-8,13,15-17,20H,4-6,9-12H2,(H,21,23). The summed E-state index contributed by atoms with van der Waals surface area (Å²) in [5, 5.41) is 6.47. The number of hydrogen-bond acceptors (Lipinski definition) is 3. The summed E-state index contributed by atoms with van der Waals surface area (Å²) >= 11 is 0. The highest BCUT2D eigenvalue weighted by atomic mass is 16.2. The zero-order valence-corrected chi connectivity index (χ0v) is 13.9. The second kappa shape index (κ2) is 6.55. The van der Waals surface area contributed by atoms with Gasteiger partial charge in [0, 0.05) is 18.3 Å². The van der Waals surface area contributed by atoms with Gasteiger partial charge in [-0.1, -0.05) is 31.0 Å². The van der Waals surface area contributed by atoms with Crippen LogP contribution >= 0.6 is 0 Å². The summed E-state index contributed by atoms with van der Waals surface area (Å²) in [7, 11) is 0. The van der Waals surface area contributed by atoms with Gasteiger partial charge < -0.3 is 15.5 Å².